The first-order valence-corrected chi connectivity index (χ1v) is 7.66. The minimum absolute atomic E-state index is 0.399. The summed E-state index contributed by atoms with van der Waals surface area (Å²) in [7, 11) is 2.12. The molecule has 0 bridgehead atoms. The summed E-state index contributed by atoms with van der Waals surface area (Å²) in [4.78, 5) is 2.24. The first-order chi connectivity index (χ1) is 10.0. The zero-order valence-electron chi connectivity index (χ0n) is 13.8. The molecule has 0 amide bonds. The van der Waals surface area contributed by atoms with Crippen molar-refractivity contribution in [3.05, 3.63) is 59.2 Å². The van der Waals surface area contributed by atoms with Gasteiger partial charge in [-0.3, -0.25) is 0 Å². The summed E-state index contributed by atoms with van der Waals surface area (Å²) in [6.45, 7) is 9.62. The predicted octanol–water partition coefficient (Wildman–Crippen LogP) is 4.74. The smallest absolute Gasteiger partial charge is 0.0413 e. The fourth-order valence-corrected chi connectivity index (χ4v) is 2.70. The lowest BCUT2D eigenvalue weighted by atomic mass is 10.1. The maximum atomic E-state index is 3.44. The Morgan fingerprint density at radius 2 is 1.52 bits per heavy atom. The van der Waals surface area contributed by atoms with Gasteiger partial charge in [0.25, 0.3) is 0 Å². The Balaban J connectivity index is 2.21. The summed E-state index contributed by atoms with van der Waals surface area (Å²) in [5.74, 6) is 0. The molecule has 2 aromatic carbocycles. The average Bonchev–Trinajstić information content (AvgIpc) is 2.46. The van der Waals surface area contributed by atoms with E-state index in [0.29, 0.717) is 6.04 Å². The van der Waals surface area contributed by atoms with Crippen LogP contribution in [0.4, 0.5) is 11.4 Å². The number of rotatable bonds is 5. The van der Waals surface area contributed by atoms with Gasteiger partial charge in [-0.2, -0.15) is 0 Å². The molecule has 0 aliphatic heterocycles. The van der Waals surface area contributed by atoms with E-state index in [1.807, 2.05) is 0 Å². The Kier molecular flexibility index (Phi) is 5.03. The number of hydrogen-bond donors (Lipinski definition) is 1. The van der Waals surface area contributed by atoms with Gasteiger partial charge in [-0.15, -0.1) is 0 Å². The van der Waals surface area contributed by atoms with Crippen molar-refractivity contribution >= 4 is 11.4 Å². The third-order valence-electron chi connectivity index (χ3n) is 3.88. The molecule has 1 N–H and O–H groups in total. The Hall–Kier alpha value is -1.80. The van der Waals surface area contributed by atoms with E-state index in [1.165, 1.54) is 28.1 Å². The van der Waals surface area contributed by atoms with Crippen LogP contribution in [0.3, 0.4) is 0 Å². The number of nitrogens with zero attached hydrogens (tertiary/aromatic N) is 1. The molecule has 0 aliphatic rings. The maximum Gasteiger partial charge on any atom is 0.0413 e. The van der Waals surface area contributed by atoms with Crippen molar-refractivity contribution < 1.29 is 0 Å². The molecular weight excluding hydrogens is 256 g/mol. The topological polar surface area (TPSA) is 15.3 Å². The second-order valence-corrected chi connectivity index (χ2v) is 5.78. The van der Waals surface area contributed by atoms with E-state index in [0.717, 1.165) is 6.54 Å². The molecule has 2 aromatic rings. The lowest BCUT2D eigenvalue weighted by Gasteiger charge is -2.22. The first kappa shape index (κ1) is 15.6. The molecule has 2 heteroatoms. The third-order valence-corrected chi connectivity index (χ3v) is 3.88. The molecule has 0 spiro atoms. The van der Waals surface area contributed by atoms with E-state index < -0.39 is 0 Å². The summed E-state index contributed by atoms with van der Waals surface area (Å²) in [6.07, 6.45) is 0. The number of benzene rings is 2. The summed E-state index contributed by atoms with van der Waals surface area (Å²) in [6, 6.07) is 15.9. The second-order valence-electron chi connectivity index (χ2n) is 5.78. The van der Waals surface area contributed by atoms with Crippen LogP contribution in [0.1, 0.15) is 36.6 Å². The monoisotopic (exact) mass is 282 g/mol. The van der Waals surface area contributed by atoms with Crippen molar-refractivity contribution in [2.75, 3.05) is 18.5 Å². The van der Waals surface area contributed by atoms with Gasteiger partial charge in [-0.1, -0.05) is 25.1 Å². The minimum Gasteiger partial charge on any atom is -0.345 e. The largest absolute Gasteiger partial charge is 0.345 e. The summed E-state index contributed by atoms with van der Waals surface area (Å²) in [5, 5.41) is 3.44. The zero-order valence-corrected chi connectivity index (χ0v) is 13.8. The molecule has 2 rings (SSSR count). The van der Waals surface area contributed by atoms with Crippen LogP contribution >= 0.6 is 0 Å². The molecule has 112 valence electrons. The molecule has 1 atom stereocenters. The fourth-order valence-electron chi connectivity index (χ4n) is 2.70. The highest BCUT2D eigenvalue weighted by Gasteiger charge is 2.07. The second kappa shape index (κ2) is 6.77. The Morgan fingerprint density at radius 1 is 0.952 bits per heavy atom. The molecule has 0 fully saturated rings. The Bertz CT molecular complexity index is 567. The van der Waals surface area contributed by atoms with Crippen LogP contribution in [0, 0.1) is 13.8 Å². The minimum atomic E-state index is 0.399. The van der Waals surface area contributed by atoms with Crippen molar-refractivity contribution in [1.82, 2.24) is 5.32 Å². The van der Waals surface area contributed by atoms with Gasteiger partial charge in [0.2, 0.25) is 0 Å². The van der Waals surface area contributed by atoms with E-state index in [2.05, 4.69) is 87.4 Å². The van der Waals surface area contributed by atoms with Gasteiger partial charge in [0.05, 0.1) is 0 Å². The molecule has 1 unspecified atom stereocenters. The van der Waals surface area contributed by atoms with Crippen molar-refractivity contribution in [2.45, 2.75) is 33.7 Å². The molecule has 2 nitrogen and oxygen atoms in total. The maximum absolute atomic E-state index is 3.44. The Morgan fingerprint density at radius 3 is 2.05 bits per heavy atom. The van der Waals surface area contributed by atoms with Crippen molar-refractivity contribution in [3.63, 3.8) is 0 Å². The quantitative estimate of drug-likeness (QED) is 0.852. The van der Waals surface area contributed by atoms with Gasteiger partial charge in [-0.05, 0) is 68.3 Å². The van der Waals surface area contributed by atoms with Gasteiger partial charge in [0.1, 0.15) is 0 Å². The third kappa shape index (κ3) is 3.85. The normalized spacial score (nSPS) is 12.2. The van der Waals surface area contributed by atoms with Crippen molar-refractivity contribution in [3.8, 4) is 0 Å². The number of anilines is 2. The van der Waals surface area contributed by atoms with E-state index in [9.17, 15) is 0 Å². The zero-order chi connectivity index (χ0) is 15.4. The highest BCUT2D eigenvalue weighted by molar-refractivity contribution is 5.64. The standard InChI is InChI=1S/C19H26N2/c1-6-20-16(4)17-7-9-18(10-8-17)21(5)19-12-14(2)11-15(3)13-19/h7-13,16,20H,6H2,1-5H3. The molecule has 0 aliphatic carbocycles. The van der Waals surface area contributed by atoms with Crippen LogP contribution in [-0.2, 0) is 0 Å². The van der Waals surface area contributed by atoms with Gasteiger partial charge in [0.15, 0.2) is 0 Å². The lowest BCUT2D eigenvalue weighted by Crippen LogP contribution is -2.17. The van der Waals surface area contributed by atoms with E-state index >= 15 is 0 Å². The number of aryl methyl sites for hydroxylation is 2. The summed E-state index contributed by atoms with van der Waals surface area (Å²) >= 11 is 0. The van der Waals surface area contributed by atoms with Crippen LogP contribution in [0.25, 0.3) is 0 Å². The van der Waals surface area contributed by atoms with Crippen LogP contribution in [0.5, 0.6) is 0 Å². The summed E-state index contributed by atoms with van der Waals surface area (Å²) < 4.78 is 0. The van der Waals surface area contributed by atoms with Crippen LogP contribution in [0.15, 0.2) is 42.5 Å². The lowest BCUT2D eigenvalue weighted by molar-refractivity contribution is 0.598. The molecule has 0 radical (unpaired) electrons. The highest BCUT2D eigenvalue weighted by Crippen LogP contribution is 2.26. The fraction of sp³-hybridized carbons (Fsp3) is 0.368. The van der Waals surface area contributed by atoms with Crippen molar-refractivity contribution in [2.24, 2.45) is 0 Å². The van der Waals surface area contributed by atoms with Gasteiger partial charge >= 0.3 is 0 Å². The molecule has 0 aromatic heterocycles. The van der Waals surface area contributed by atoms with Gasteiger partial charge < -0.3 is 10.2 Å². The SMILES string of the molecule is CCNC(C)c1ccc(N(C)c2cc(C)cc(C)c2)cc1. The van der Waals surface area contributed by atoms with Gasteiger partial charge in [0, 0.05) is 24.5 Å². The highest BCUT2D eigenvalue weighted by atomic mass is 15.1. The number of hydrogen-bond acceptors (Lipinski definition) is 2. The molecule has 0 heterocycles. The predicted molar refractivity (Wildman–Crippen MR) is 92.5 cm³/mol. The van der Waals surface area contributed by atoms with Crippen LogP contribution in [-0.4, -0.2) is 13.6 Å². The van der Waals surface area contributed by atoms with Crippen LogP contribution < -0.4 is 10.2 Å². The number of nitrogens with one attached hydrogen (secondary N) is 1. The van der Waals surface area contributed by atoms with Crippen LogP contribution in [0.2, 0.25) is 0 Å². The molecule has 0 saturated carbocycles. The van der Waals surface area contributed by atoms with Gasteiger partial charge in [-0.25, -0.2) is 0 Å². The van der Waals surface area contributed by atoms with E-state index in [4.69, 9.17) is 0 Å². The first-order valence-electron chi connectivity index (χ1n) is 7.66. The Labute approximate surface area is 128 Å². The molecule has 0 saturated heterocycles. The molecule has 21 heavy (non-hydrogen) atoms. The van der Waals surface area contributed by atoms with E-state index in [-0.39, 0.29) is 0 Å². The van der Waals surface area contributed by atoms with Crippen molar-refractivity contribution in [1.29, 1.82) is 0 Å². The average molecular weight is 282 g/mol. The summed E-state index contributed by atoms with van der Waals surface area (Å²) in [5.41, 5.74) is 6.38. The molecular formula is C19H26N2. The van der Waals surface area contributed by atoms with E-state index in [1.54, 1.807) is 0 Å².